The first kappa shape index (κ1) is 18.4. The summed E-state index contributed by atoms with van der Waals surface area (Å²) in [5, 5.41) is 11.6. The van der Waals surface area contributed by atoms with Crippen LogP contribution < -0.4 is 5.32 Å². The quantitative estimate of drug-likeness (QED) is 0.479. The Morgan fingerprint density at radius 1 is 1.03 bits per heavy atom. The number of nitrogens with one attached hydrogen (secondary N) is 1. The third-order valence-electron chi connectivity index (χ3n) is 4.95. The van der Waals surface area contributed by atoms with E-state index in [0.29, 0.717) is 22.6 Å². The van der Waals surface area contributed by atoms with E-state index in [-0.39, 0.29) is 5.91 Å². The molecule has 1 fully saturated rings. The minimum absolute atomic E-state index is 0.291. The van der Waals surface area contributed by atoms with Gasteiger partial charge in [0.05, 0.1) is 0 Å². The van der Waals surface area contributed by atoms with Gasteiger partial charge < -0.3 is 9.88 Å². The fourth-order valence-corrected chi connectivity index (χ4v) is 3.55. The minimum Gasteiger partial charge on any atom is -0.321 e. The number of hydrogen-bond donors (Lipinski definition) is 1. The van der Waals surface area contributed by atoms with Gasteiger partial charge in [-0.1, -0.05) is 23.7 Å². The highest BCUT2D eigenvalue weighted by Gasteiger charge is 2.26. The maximum Gasteiger partial charge on any atom is 0.274 e. The van der Waals surface area contributed by atoms with Gasteiger partial charge in [-0.05, 0) is 54.8 Å². The van der Waals surface area contributed by atoms with Gasteiger partial charge in [-0.2, -0.15) is 0 Å². The van der Waals surface area contributed by atoms with E-state index in [2.05, 4.69) is 30.0 Å². The molecule has 0 spiro atoms. The summed E-state index contributed by atoms with van der Waals surface area (Å²) in [5.41, 5.74) is 3.38. The van der Waals surface area contributed by atoms with Crippen LogP contribution in [0.1, 0.15) is 29.4 Å². The molecule has 0 saturated heterocycles. The average molecular weight is 417 g/mol. The summed E-state index contributed by atoms with van der Waals surface area (Å²) in [6.45, 7) is 0. The molecular formula is C22H17ClN6O. The molecule has 0 aliphatic heterocycles. The molecule has 1 N–H and O–H groups in total. The normalized spacial score (nSPS) is 13.2. The van der Waals surface area contributed by atoms with Gasteiger partial charge in [0.2, 0.25) is 0 Å². The predicted octanol–water partition coefficient (Wildman–Crippen LogP) is 4.64. The van der Waals surface area contributed by atoms with Crippen molar-refractivity contribution in [2.45, 2.75) is 18.9 Å². The van der Waals surface area contributed by atoms with E-state index < -0.39 is 0 Å². The van der Waals surface area contributed by atoms with Gasteiger partial charge in [0.1, 0.15) is 17.2 Å². The molecule has 0 radical (unpaired) electrons. The van der Waals surface area contributed by atoms with Crippen LogP contribution >= 0.6 is 11.6 Å². The van der Waals surface area contributed by atoms with Crippen LogP contribution in [-0.2, 0) is 0 Å². The number of pyridine rings is 2. The van der Waals surface area contributed by atoms with E-state index in [9.17, 15) is 4.79 Å². The zero-order valence-electron chi connectivity index (χ0n) is 15.9. The van der Waals surface area contributed by atoms with E-state index in [1.54, 1.807) is 36.9 Å². The summed E-state index contributed by atoms with van der Waals surface area (Å²) in [5.74, 6) is 0.498. The molecule has 4 aromatic rings. The number of nitrogens with zero attached hydrogens (tertiary/aromatic N) is 5. The first-order valence-corrected chi connectivity index (χ1v) is 9.95. The zero-order chi connectivity index (χ0) is 20.5. The number of aromatic nitrogens is 5. The number of benzene rings is 1. The molecular weight excluding hydrogens is 400 g/mol. The molecule has 30 heavy (non-hydrogen) atoms. The summed E-state index contributed by atoms with van der Waals surface area (Å²) in [6.07, 6.45) is 7.26. The van der Waals surface area contributed by atoms with Crippen molar-refractivity contribution in [1.82, 2.24) is 24.7 Å². The number of amides is 1. The van der Waals surface area contributed by atoms with Crippen molar-refractivity contribution in [1.29, 1.82) is 0 Å². The van der Waals surface area contributed by atoms with Crippen molar-refractivity contribution in [3.63, 3.8) is 0 Å². The molecule has 5 rings (SSSR count). The number of anilines is 1. The fraction of sp³-hybridized carbons (Fsp3) is 0.136. The number of hydrogen-bond acceptors (Lipinski definition) is 5. The number of rotatable bonds is 5. The second-order valence-electron chi connectivity index (χ2n) is 7.10. The van der Waals surface area contributed by atoms with Gasteiger partial charge in [0, 0.05) is 35.2 Å². The molecule has 3 aromatic heterocycles. The Bertz CT molecular complexity index is 1230. The second-order valence-corrected chi connectivity index (χ2v) is 7.46. The molecule has 7 nitrogen and oxygen atoms in total. The molecule has 0 bridgehead atoms. The monoisotopic (exact) mass is 416 g/mol. The lowest BCUT2D eigenvalue weighted by Crippen LogP contribution is -2.13. The van der Waals surface area contributed by atoms with Crippen LogP contribution in [-0.4, -0.2) is 30.6 Å². The Balaban J connectivity index is 1.39. The fourth-order valence-electron chi connectivity index (χ4n) is 3.32. The molecule has 1 aromatic carbocycles. The summed E-state index contributed by atoms with van der Waals surface area (Å²) in [7, 11) is 0. The number of carbonyl (C=O) groups is 1. The van der Waals surface area contributed by atoms with E-state index >= 15 is 0 Å². The van der Waals surface area contributed by atoms with Crippen molar-refractivity contribution in [2.75, 3.05) is 5.32 Å². The Labute approximate surface area is 177 Å². The second kappa shape index (κ2) is 7.68. The molecule has 8 heteroatoms. The maximum atomic E-state index is 12.8. The van der Waals surface area contributed by atoms with Crippen LogP contribution in [0.2, 0.25) is 5.15 Å². The van der Waals surface area contributed by atoms with Crippen LogP contribution in [0.15, 0.2) is 67.3 Å². The van der Waals surface area contributed by atoms with Crippen molar-refractivity contribution in [3.8, 4) is 22.5 Å². The molecule has 3 heterocycles. The molecule has 0 unspecified atom stereocenters. The van der Waals surface area contributed by atoms with Crippen LogP contribution in [0, 0.1) is 0 Å². The summed E-state index contributed by atoms with van der Waals surface area (Å²) in [4.78, 5) is 21.1. The Morgan fingerprint density at radius 2 is 1.93 bits per heavy atom. The van der Waals surface area contributed by atoms with E-state index in [1.165, 1.54) is 0 Å². The summed E-state index contributed by atoms with van der Waals surface area (Å²) in [6, 6.07) is 15.2. The molecule has 1 aliphatic rings. The highest BCUT2D eigenvalue weighted by molar-refractivity contribution is 6.32. The third-order valence-corrected chi connectivity index (χ3v) is 5.26. The van der Waals surface area contributed by atoms with Crippen LogP contribution in [0.4, 0.5) is 5.69 Å². The minimum atomic E-state index is -0.308. The Kier molecular flexibility index (Phi) is 4.72. The topological polar surface area (TPSA) is 85.6 Å². The lowest BCUT2D eigenvalue weighted by atomic mass is 10.1. The van der Waals surface area contributed by atoms with Crippen molar-refractivity contribution in [3.05, 3.63) is 78.1 Å². The van der Waals surface area contributed by atoms with Crippen LogP contribution in [0.5, 0.6) is 0 Å². The lowest BCUT2D eigenvalue weighted by Gasteiger charge is -2.09. The highest BCUT2D eigenvalue weighted by Crippen LogP contribution is 2.37. The molecule has 1 saturated carbocycles. The van der Waals surface area contributed by atoms with E-state index in [4.69, 9.17) is 11.6 Å². The largest absolute Gasteiger partial charge is 0.321 e. The highest BCUT2D eigenvalue weighted by atomic mass is 35.5. The zero-order valence-corrected chi connectivity index (χ0v) is 16.6. The Morgan fingerprint density at radius 3 is 2.77 bits per heavy atom. The lowest BCUT2D eigenvalue weighted by molar-refractivity contribution is 0.102. The standard InChI is InChI=1S/C22H17ClN6O/c23-20-18(5-2-9-25-20)14-8-10-24-19(12-14)22(30)27-16-4-1-3-15(11-16)21-28-26-13-29(21)17-6-7-17/h1-5,8-13,17H,6-7H2,(H,27,30). The Hall–Kier alpha value is -3.58. The average Bonchev–Trinajstić information content (AvgIpc) is 3.50. The van der Waals surface area contributed by atoms with Gasteiger partial charge >= 0.3 is 0 Å². The number of halogens is 1. The van der Waals surface area contributed by atoms with Gasteiger partial charge in [-0.3, -0.25) is 9.78 Å². The van der Waals surface area contributed by atoms with E-state index in [1.807, 2.05) is 30.3 Å². The van der Waals surface area contributed by atoms with Gasteiger partial charge in [-0.15, -0.1) is 10.2 Å². The molecule has 1 amide bonds. The molecule has 1 aliphatic carbocycles. The van der Waals surface area contributed by atoms with Crippen LogP contribution in [0.3, 0.4) is 0 Å². The first-order chi connectivity index (χ1) is 14.7. The maximum absolute atomic E-state index is 12.8. The van der Waals surface area contributed by atoms with Gasteiger partial charge in [0.25, 0.3) is 5.91 Å². The third kappa shape index (κ3) is 3.67. The van der Waals surface area contributed by atoms with Crippen LogP contribution in [0.25, 0.3) is 22.5 Å². The number of carbonyl (C=O) groups excluding carboxylic acids is 1. The van der Waals surface area contributed by atoms with Crippen molar-refractivity contribution < 1.29 is 4.79 Å². The smallest absolute Gasteiger partial charge is 0.274 e. The molecule has 148 valence electrons. The SMILES string of the molecule is O=C(Nc1cccc(-c2nncn2C2CC2)c1)c1cc(-c2cccnc2Cl)ccn1. The first-order valence-electron chi connectivity index (χ1n) is 9.57. The van der Waals surface area contributed by atoms with E-state index in [0.717, 1.165) is 35.4 Å². The van der Waals surface area contributed by atoms with Gasteiger partial charge in [-0.25, -0.2) is 4.98 Å². The summed E-state index contributed by atoms with van der Waals surface area (Å²) < 4.78 is 2.09. The molecule has 0 atom stereocenters. The summed E-state index contributed by atoms with van der Waals surface area (Å²) >= 11 is 6.18. The predicted molar refractivity (Wildman–Crippen MR) is 114 cm³/mol. The van der Waals surface area contributed by atoms with Crippen molar-refractivity contribution >= 4 is 23.2 Å². The van der Waals surface area contributed by atoms with Gasteiger partial charge in [0.15, 0.2) is 5.82 Å². The van der Waals surface area contributed by atoms with Crippen molar-refractivity contribution in [2.24, 2.45) is 0 Å².